The molecule has 0 spiro atoms. The normalized spacial score (nSPS) is 12.5. The third-order valence-electron chi connectivity index (χ3n) is 3.53. The minimum absolute atomic E-state index is 0.00180. The van der Waals surface area contributed by atoms with Crippen molar-refractivity contribution in [1.29, 1.82) is 0 Å². The molecule has 0 aliphatic rings. The van der Waals surface area contributed by atoms with Gasteiger partial charge in [-0.1, -0.05) is 6.07 Å². The second kappa shape index (κ2) is 5.05. The average Bonchev–Trinajstić information content (AvgIpc) is 2.62. The minimum atomic E-state index is 0.00180. The molecular weight excluding hydrogens is 238 g/mol. The zero-order valence-corrected chi connectivity index (χ0v) is 12.2. The third kappa shape index (κ3) is 2.36. The number of methoxy groups -OCH3 is 1. The molecule has 2 aromatic rings. The van der Waals surface area contributed by atoms with E-state index in [1.807, 2.05) is 37.7 Å². The monoisotopic (exact) mass is 259 g/mol. The van der Waals surface area contributed by atoms with Gasteiger partial charge in [-0.05, 0) is 38.5 Å². The third-order valence-corrected chi connectivity index (χ3v) is 3.53. The summed E-state index contributed by atoms with van der Waals surface area (Å²) in [6, 6.07) is 6.08. The second-order valence-electron chi connectivity index (χ2n) is 4.92. The molecule has 1 atom stereocenters. The molecule has 0 aliphatic carbocycles. The Balaban J connectivity index is 2.68. The van der Waals surface area contributed by atoms with Gasteiger partial charge < -0.3 is 10.5 Å². The first-order valence-corrected chi connectivity index (χ1v) is 6.39. The number of hydrogen-bond donors (Lipinski definition) is 1. The lowest BCUT2D eigenvalue weighted by molar-refractivity contribution is 0.416. The van der Waals surface area contributed by atoms with Crippen molar-refractivity contribution in [3.63, 3.8) is 0 Å². The lowest BCUT2D eigenvalue weighted by Gasteiger charge is -2.13. The summed E-state index contributed by atoms with van der Waals surface area (Å²) in [6.07, 6.45) is 0. The molecule has 4 nitrogen and oxygen atoms in total. The van der Waals surface area contributed by atoms with E-state index in [2.05, 4.69) is 18.1 Å². The molecule has 1 heterocycles. The van der Waals surface area contributed by atoms with Crippen LogP contribution in [-0.2, 0) is 7.05 Å². The zero-order valence-electron chi connectivity index (χ0n) is 12.2. The number of benzene rings is 1. The van der Waals surface area contributed by atoms with Gasteiger partial charge in [0.15, 0.2) is 0 Å². The largest absolute Gasteiger partial charge is 0.496 e. The summed E-state index contributed by atoms with van der Waals surface area (Å²) in [6.45, 7) is 6.06. The summed E-state index contributed by atoms with van der Waals surface area (Å²) in [4.78, 5) is 0. The fraction of sp³-hybridized carbons (Fsp3) is 0.400. The summed E-state index contributed by atoms with van der Waals surface area (Å²) in [5.41, 5.74) is 11.4. The van der Waals surface area contributed by atoms with Crippen molar-refractivity contribution < 1.29 is 4.74 Å². The summed E-state index contributed by atoms with van der Waals surface area (Å²) < 4.78 is 7.37. The molecule has 0 saturated heterocycles. The highest BCUT2D eigenvalue weighted by molar-refractivity contribution is 5.75. The first-order valence-electron chi connectivity index (χ1n) is 6.39. The molecule has 102 valence electrons. The smallest absolute Gasteiger partial charge is 0.126 e. The van der Waals surface area contributed by atoms with Crippen LogP contribution in [0.1, 0.15) is 29.9 Å². The molecule has 19 heavy (non-hydrogen) atoms. The Hall–Kier alpha value is -1.81. The fourth-order valence-electron chi connectivity index (χ4n) is 2.37. The highest BCUT2D eigenvalue weighted by atomic mass is 16.5. The number of nitrogens with zero attached hydrogens (tertiary/aromatic N) is 2. The quantitative estimate of drug-likeness (QED) is 0.922. The van der Waals surface area contributed by atoms with Gasteiger partial charge in [0.2, 0.25) is 0 Å². The maximum absolute atomic E-state index is 5.97. The van der Waals surface area contributed by atoms with Gasteiger partial charge in [-0.15, -0.1) is 0 Å². The van der Waals surface area contributed by atoms with E-state index in [1.165, 1.54) is 0 Å². The average molecular weight is 259 g/mol. The Morgan fingerprint density at radius 2 is 2.00 bits per heavy atom. The molecule has 0 fully saturated rings. The maximum atomic E-state index is 5.97. The Kier molecular flexibility index (Phi) is 3.62. The van der Waals surface area contributed by atoms with E-state index < -0.39 is 0 Å². The molecule has 2 rings (SSSR count). The van der Waals surface area contributed by atoms with E-state index in [0.29, 0.717) is 0 Å². The van der Waals surface area contributed by atoms with Crippen molar-refractivity contribution in [3.8, 4) is 16.9 Å². The van der Waals surface area contributed by atoms with Crippen molar-refractivity contribution in [2.45, 2.75) is 26.8 Å². The van der Waals surface area contributed by atoms with Crippen LogP contribution in [0.2, 0.25) is 0 Å². The van der Waals surface area contributed by atoms with Gasteiger partial charge in [-0.2, -0.15) is 5.10 Å². The lowest BCUT2D eigenvalue weighted by Crippen LogP contribution is -2.05. The number of nitrogens with two attached hydrogens (primary N) is 1. The van der Waals surface area contributed by atoms with Crippen LogP contribution in [0.5, 0.6) is 5.75 Å². The number of ether oxygens (including phenoxy) is 1. The Bertz CT molecular complexity index is 600. The molecule has 4 heteroatoms. The molecule has 2 N–H and O–H groups in total. The maximum Gasteiger partial charge on any atom is 0.126 e. The van der Waals surface area contributed by atoms with Gasteiger partial charge >= 0.3 is 0 Å². The van der Waals surface area contributed by atoms with Crippen molar-refractivity contribution in [2.75, 3.05) is 7.11 Å². The Morgan fingerprint density at radius 3 is 2.47 bits per heavy atom. The summed E-state index contributed by atoms with van der Waals surface area (Å²) in [5.74, 6) is 0.851. The predicted molar refractivity (Wildman–Crippen MR) is 77.3 cm³/mol. The van der Waals surface area contributed by atoms with Crippen LogP contribution in [0.25, 0.3) is 11.1 Å². The molecule has 1 unspecified atom stereocenters. The first-order chi connectivity index (χ1) is 8.95. The minimum Gasteiger partial charge on any atom is -0.496 e. The molecule has 1 aromatic heterocycles. The lowest BCUT2D eigenvalue weighted by atomic mass is 9.98. The summed E-state index contributed by atoms with van der Waals surface area (Å²) in [7, 11) is 3.64. The van der Waals surface area contributed by atoms with Crippen LogP contribution in [0.4, 0.5) is 0 Å². The molecule has 1 aromatic carbocycles. The van der Waals surface area contributed by atoms with Crippen LogP contribution >= 0.6 is 0 Å². The van der Waals surface area contributed by atoms with Crippen molar-refractivity contribution in [3.05, 3.63) is 35.2 Å². The van der Waals surface area contributed by atoms with Crippen LogP contribution in [-0.4, -0.2) is 16.9 Å². The van der Waals surface area contributed by atoms with E-state index in [9.17, 15) is 0 Å². The van der Waals surface area contributed by atoms with Gasteiger partial charge in [0, 0.05) is 29.9 Å². The fourth-order valence-corrected chi connectivity index (χ4v) is 2.37. The van der Waals surface area contributed by atoms with Gasteiger partial charge in [-0.25, -0.2) is 0 Å². The van der Waals surface area contributed by atoms with Crippen LogP contribution < -0.4 is 10.5 Å². The van der Waals surface area contributed by atoms with Crippen molar-refractivity contribution in [1.82, 2.24) is 9.78 Å². The standard InChI is InChI=1S/C15H21N3O/c1-9(16)12-6-7-14(19-5)13(8-12)15-10(2)17-18(4)11(15)3/h6-9H,16H2,1-5H3. The predicted octanol–water partition coefficient (Wildman–Crippen LogP) is 2.73. The SMILES string of the molecule is COc1ccc(C(C)N)cc1-c1c(C)nn(C)c1C. The highest BCUT2D eigenvalue weighted by Gasteiger charge is 2.16. The Labute approximate surface area is 114 Å². The summed E-state index contributed by atoms with van der Waals surface area (Å²) in [5, 5.41) is 4.47. The number of rotatable bonds is 3. The van der Waals surface area contributed by atoms with Crippen molar-refractivity contribution >= 4 is 0 Å². The van der Waals surface area contributed by atoms with Crippen molar-refractivity contribution in [2.24, 2.45) is 12.8 Å². The molecule has 0 bridgehead atoms. The summed E-state index contributed by atoms with van der Waals surface area (Å²) >= 11 is 0. The molecule has 0 radical (unpaired) electrons. The molecule has 0 saturated carbocycles. The number of aromatic nitrogens is 2. The topological polar surface area (TPSA) is 53.1 Å². The van der Waals surface area contributed by atoms with Gasteiger partial charge in [0.25, 0.3) is 0 Å². The van der Waals surface area contributed by atoms with Gasteiger partial charge in [0.1, 0.15) is 5.75 Å². The van der Waals surface area contributed by atoms with E-state index in [0.717, 1.165) is 33.8 Å². The van der Waals surface area contributed by atoms with Crippen LogP contribution in [0, 0.1) is 13.8 Å². The highest BCUT2D eigenvalue weighted by Crippen LogP contribution is 2.35. The van der Waals surface area contributed by atoms with Gasteiger partial charge in [-0.3, -0.25) is 4.68 Å². The van der Waals surface area contributed by atoms with E-state index in [4.69, 9.17) is 10.5 Å². The first kappa shape index (κ1) is 13.6. The van der Waals surface area contributed by atoms with Gasteiger partial charge in [0.05, 0.1) is 12.8 Å². The van der Waals surface area contributed by atoms with E-state index >= 15 is 0 Å². The van der Waals surface area contributed by atoms with Crippen LogP contribution in [0.15, 0.2) is 18.2 Å². The molecular formula is C15H21N3O. The zero-order chi connectivity index (χ0) is 14.2. The Morgan fingerprint density at radius 1 is 1.32 bits per heavy atom. The van der Waals surface area contributed by atoms with E-state index in [1.54, 1.807) is 7.11 Å². The van der Waals surface area contributed by atoms with Crippen LogP contribution in [0.3, 0.4) is 0 Å². The number of hydrogen-bond acceptors (Lipinski definition) is 3. The molecule has 0 amide bonds. The second-order valence-corrected chi connectivity index (χ2v) is 4.92. The molecule has 0 aliphatic heterocycles. The van der Waals surface area contributed by atoms with E-state index in [-0.39, 0.29) is 6.04 Å². The number of aryl methyl sites for hydroxylation is 2.